The molecule has 0 spiro atoms. The first-order chi connectivity index (χ1) is 6.59. The van der Waals surface area contributed by atoms with Crippen molar-refractivity contribution in [1.29, 1.82) is 0 Å². The molecule has 0 aliphatic carbocycles. The van der Waals surface area contributed by atoms with Crippen molar-refractivity contribution in [3.63, 3.8) is 0 Å². The van der Waals surface area contributed by atoms with E-state index in [1.54, 1.807) is 6.92 Å². The van der Waals surface area contributed by atoms with E-state index in [4.69, 9.17) is 14.2 Å². The standard InChI is InChI=1S/C9H12O4S/c1-6(2)8(10)11-4-3-7-5-12-9(14)13-7/h7H,1,3-5H2,2H3. The molecule has 1 heterocycles. The van der Waals surface area contributed by atoms with Gasteiger partial charge in [-0.2, -0.15) is 0 Å². The summed E-state index contributed by atoms with van der Waals surface area (Å²) in [6, 6.07) is 0. The summed E-state index contributed by atoms with van der Waals surface area (Å²) >= 11 is 4.67. The second-order valence-electron chi connectivity index (χ2n) is 3.01. The molecule has 0 bridgehead atoms. The minimum absolute atomic E-state index is 0.0968. The van der Waals surface area contributed by atoms with Gasteiger partial charge in [0.05, 0.1) is 6.61 Å². The Morgan fingerprint density at radius 3 is 3.00 bits per heavy atom. The van der Waals surface area contributed by atoms with Crippen molar-refractivity contribution in [2.24, 2.45) is 0 Å². The summed E-state index contributed by atoms with van der Waals surface area (Å²) in [4.78, 5) is 11.0. The molecule has 1 fully saturated rings. The SMILES string of the molecule is C=C(C)C(=O)OCCC1COC(=S)O1. The fourth-order valence-corrected chi connectivity index (χ4v) is 1.12. The molecular formula is C9H12O4S. The Kier molecular flexibility index (Phi) is 3.88. The van der Waals surface area contributed by atoms with Crippen molar-refractivity contribution in [3.05, 3.63) is 12.2 Å². The van der Waals surface area contributed by atoms with Gasteiger partial charge in [0.15, 0.2) is 0 Å². The highest BCUT2D eigenvalue weighted by molar-refractivity contribution is 7.79. The smallest absolute Gasteiger partial charge is 0.352 e. The van der Waals surface area contributed by atoms with Crippen LogP contribution in [0.1, 0.15) is 13.3 Å². The normalized spacial score (nSPS) is 19.8. The topological polar surface area (TPSA) is 44.8 Å². The molecule has 0 N–H and O–H groups in total. The van der Waals surface area contributed by atoms with Crippen LogP contribution < -0.4 is 0 Å². The van der Waals surface area contributed by atoms with Crippen LogP contribution in [-0.2, 0) is 19.0 Å². The summed E-state index contributed by atoms with van der Waals surface area (Å²) in [6.45, 7) is 5.80. The molecule has 1 aliphatic heterocycles. The molecule has 1 saturated heterocycles. The Morgan fingerprint density at radius 2 is 2.50 bits per heavy atom. The molecule has 1 rings (SSSR count). The molecule has 1 aliphatic rings. The van der Waals surface area contributed by atoms with Gasteiger partial charge in [-0.1, -0.05) is 6.58 Å². The number of hydrogen-bond donors (Lipinski definition) is 0. The molecule has 0 aromatic rings. The van der Waals surface area contributed by atoms with Crippen LogP contribution in [-0.4, -0.2) is 30.5 Å². The van der Waals surface area contributed by atoms with Crippen LogP contribution in [0.4, 0.5) is 0 Å². The zero-order chi connectivity index (χ0) is 10.6. The van der Waals surface area contributed by atoms with Crippen LogP contribution in [0.5, 0.6) is 0 Å². The minimum Gasteiger partial charge on any atom is -0.462 e. The largest absolute Gasteiger partial charge is 0.462 e. The van der Waals surface area contributed by atoms with Gasteiger partial charge in [-0.15, -0.1) is 0 Å². The van der Waals surface area contributed by atoms with E-state index in [9.17, 15) is 4.79 Å². The van der Waals surface area contributed by atoms with Gasteiger partial charge >= 0.3 is 11.2 Å². The van der Waals surface area contributed by atoms with Gasteiger partial charge in [-0.05, 0) is 6.92 Å². The highest BCUT2D eigenvalue weighted by Crippen LogP contribution is 2.10. The molecule has 1 atom stereocenters. The third-order valence-corrected chi connectivity index (χ3v) is 1.89. The second-order valence-corrected chi connectivity index (χ2v) is 3.34. The number of carbonyl (C=O) groups excluding carboxylic acids is 1. The van der Waals surface area contributed by atoms with Crippen LogP contribution in [0.15, 0.2) is 12.2 Å². The third kappa shape index (κ3) is 3.33. The zero-order valence-corrected chi connectivity index (χ0v) is 8.76. The van der Waals surface area contributed by atoms with Crippen LogP contribution in [0.25, 0.3) is 0 Å². The van der Waals surface area contributed by atoms with Gasteiger partial charge in [0, 0.05) is 24.2 Å². The van der Waals surface area contributed by atoms with Crippen LogP contribution in [0, 0.1) is 0 Å². The van der Waals surface area contributed by atoms with E-state index in [1.165, 1.54) is 0 Å². The summed E-state index contributed by atoms with van der Waals surface area (Å²) in [5.74, 6) is -0.383. The van der Waals surface area contributed by atoms with E-state index >= 15 is 0 Å². The number of esters is 1. The van der Waals surface area contributed by atoms with E-state index in [-0.39, 0.29) is 17.3 Å². The lowest BCUT2D eigenvalue weighted by Gasteiger charge is -2.07. The van der Waals surface area contributed by atoms with Gasteiger partial charge in [-0.3, -0.25) is 0 Å². The average molecular weight is 216 g/mol. The maximum Gasteiger partial charge on any atom is 0.352 e. The molecule has 0 saturated carbocycles. The molecule has 78 valence electrons. The summed E-state index contributed by atoms with van der Waals surface area (Å²) in [5, 5.41) is 0.168. The molecule has 1 unspecified atom stereocenters. The van der Waals surface area contributed by atoms with Crippen molar-refractivity contribution < 1.29 is 19.0 Å². The Hall–Kier alpha value is -1.10. The van der Waals surface area contributed by atoms with Crippen molar-refractivity contribution in [3.8, 4) is 0 Å². The molecule has 14 heavy (non-hydrogen) atoms. The maximum atomic E-state index is 11.0. The van der Waals surface area contributed by atoms with E-state index in [0.29, 0.717) is 25.2 Å². The lowest BCUT2D eigenvalue weighted by Crippen LogP contribution is -2.15. The molecule has 0 aromatic carbocycles. The Balaban J connectivity index is 2.13. The Labute approximate surface area is 87.8 Å². The molecule has 5 heteroatoms. The number of rotatable bonds is 4. The third-order valence-electron chi connectivity index (χ3n) is 1.67. The molecule has 0 radical (unpaired) electrons. The predicted molar refractivity (Wildman–Crippen MR) is 53.8 cm³/mol. The number of carbonyl (C=O) groups is 1. The van der Waals surface area contributed by atoms with Crippen molar-refractivity contribution in [1.82, 2.24) is 0 Å². The molecule has 0 aromatic heterocycles. The fraction of sp³-hybridized carbons (Fsp3) is 0.556. The summed E-state index contributed by atoms with van der Waals surface area (Å²) in [7, 11) is 0. The fourth-order valence-electron chi connectivity index (χ4n) is 0.914. The van der Waals surface area contributed by atoms with Crippen molar-refractivity contribution in [2.75, 3.05) is 13.2 Å². The van der Waals surface area contributed by atoms with E-state index in [1.807, 2.05) is 0 Å². The summed E-state index contributed by atoms with van der Waals surface area (Å²) < 4.78 is 14.9. The summed E-state index contributed by atoms with van der Waals surface area (Å²) in [6.07, 6.45) is 0.486. The van der Waals surface area contributed by atoms with E-state index in [2.05, 4.69) is 18.8 Å². The monoisotopic (exact) mass is 216 g/mol. The number of hydrogen-bond acceptors (Lipinski definition) is 5. The first-order valence-electron chi connectivity index (χ1n) is 4.25. The maximum absolute atomic E-state index is 11.0. The molecule has 4 nitrogen and oxygen atoms in total. The molecular weight excluding hydrogens is 204 g/mol. The zero-order valence-electron chi connectivity index (χ0n) is 7.95. The second kappa shape index (κ2) is 4.95. The molecule has 0 amide bonds. The Bertz CT molecular complexity index is 262. The average Bonchev–Trinajstić information content (AvgIpc) is 2.51. The highest BCUT2D eigenvalue weighted by atomic mass is 32.1. The predicted octanol–water partition coefficient (Wildman–Crippen LogP) is 1.20. The van der Waals surface area contributed by atoms with E-state index in [0.717, 1.165) is 0 Å². The van der Waals surface area contributed by atoms with Crippen LogP contribution in [0.2, 0.25) is 0 Å². The number of thiocarbonyl (C=S) groups is 1. The van der Waals surface area contributed by atoms with Gasteiger partial charge in [-0.25, -0.2) is 4.79 Å². The minimum atomic E-state index is -0.383. The first kappa shape index (κ1) is 11.0. The van der Waals surface area contributed by atoms with Crippen LogP contribution in [0.3, 0.4) is 0 Å². The number of ether oxygens (including phenoxy) is 3. The van der Waals surface area contributed by atoms with Gasteiger partial charge in [0.1, 0.15) is 12.7 Å². The quantitative estimate of drug-likeness (QED) is 0.401. The van der Waals surface area contributed by atoms with Gasteiger partial charge in [0.2, 0.25) is 0 Å². The van der Waals surface area contributed by atoms with Crippen LogP contribution >= 0.6 is 12.2 Å². The lowest BCUT2D eigenvalue weighted by molar-refractivity contribution is -0.139. The lowest BCUT2D eigenvalue weighted by atomic mass is 10.3. The Morgan fingerprint density at radius 1 is 1.79 bits per heavy atom. The van der Waals surface area contributed by atoms with Gasteiger partial charge in [0.25, 0.3) is 0 Å². The summed E-state index contributed by atoms with van der Waals surface area (Å²) in [5.41, 5.74) is 0.393. The van der Waals surface area contributed by atoms with Gasteiger partial charge < -0.3 is 14.2 Å². The van der Waals surface area contributed by atoms with E-state index < -0.39 is 0 Å². The van der Waals surface area contributed by atoms with Crippen molar-refractivity contribution >= 4 is 23.4 Å². The van der Waals surface area contributed by atoms with Crippen molar-refractivity contribution in [2.45, 2.75) is 19.4 Å². The first-order valence-corrected chi connectivity index (χ1v) is 4.66. The highest BCUT2D eigenvalue weighted by Gasteiger charge is 2.21.